The van der Waals surface area contributed by atoms with Gasteiger partial charge in [-0.1, -0.05) is 6.07 Å². The van der Waals surface area contributed by atoms with Crippen molar-refractivity contribution < 1.29 is 4.74 Å². The van der Waals surface area contributed by atoms with Crippen molar-refractivity contribution >= 4 is 28.7 Å². The number of hydrogen-bond acceptors (Lipinski definition) is 8. The largest absolute Gasteiger partial charge is 0.393 e. The molecule has 0 unspecified atom stereocenters. The summed E-state index contributed by atoms with van der Waals surface area (Å²) in [4.78, 5) is 12.3. The summed E-state index contributed by atoms with van der Waals surface area (Å²) in [6, 6.07) is 4.20. The van der Waals surface area contributed by atoms with Crippen molar-refractivity contribution in [1.82, 2.24) is 14.9 Å². The molecule has 2 aromatic heterocycles. The third kappa shape index (κ3) is 5.55. The molecule has 3 heterocycles. The minimum absolute atomic E-state index is 0.583. The molecule has 1 saturated heterocycles. The molecule has 0 atom stereocenters. The Morgan fingerprint density at radius 3 is 2.64 bits per heavy atom. The van der Waals surface area contributed by atoms with E-state index in [4.69, 9.17) is 10.5 Å². The number of rotatable bonds is 9. The molecule has 1 aliphatic rings. The van der Waals surface area contributed by atoms with Crippen LogP contribution in [0.25, 0.3) is 0 Å². The van der Waals surface area contributed by atoms with Crippen molar-refractivity contribution in [3.8, 4) is 0 Å². The van der Waals surface area contributed by atoms with Gasteiger partial charge in [-0.2, -0.15) is 0 Å². The summed E-state index contributed by atoms with van der Waals surface area (Å²) in [5, 5.41) is 8.72. The Bertz CT molecular complexity index is 630. The molecule has 136 valence electrons. The number of thiophene rings is 1. The second-order valence-electron chi connectivity index (χ2n) is 5.98. The highest BCUT2D eigenvalue weighted by Crippen LogP contribution is 2.22. The fourth-order valence-electron chi connectivity index (χ4n) is 2.77. The average molecular weight is 363 g/mol. The van der Waals surface area contributed by atoms with E-state index in [9.17, 15) is 0 Å². The standard InChI is InChI=1S/C17H26N6OS/c18-15-16(19-5-2-7-23-8-10-24-11-9-23)21-13-22-17(15)20-6-4-14-3-1-12-25-14/h1,3,12-13H,2,4-11,18H2,(H2,19,20,21,22). The Morgan fingerprint density at radius 2 is 1.92 bits per heavy atom. The Balaban J connectivity index is 1.42. The fourth-order valence-corrected chi connectivity index (χ4v) is 3.48. The summed E-state index contributed by atoms with van der Waals surface area (Å²) in [6.07, 6.45) is 3.56. The second-order valence-corrected chi connectivity index (χ2v) is 7.01. The molecular weight excluding hydrogens is 336 g/mol. The summed E-state index contributed by atoms with van der Waals surface area (Å²) in [5.41, 5.74) is 6.78. The zero-order valence-corrected chi connectivity index (χ0v) is 15.2. The highest BCUT2D eigenvalue weighted by molar-refractivity contribution is 7.09. The third-order valence-corrected chi connectivity index (χ3v) is 5.11. The normalized spacial score (nSPS) is 15.2. The van der Waals surface area contributed by atoms with Gasteiger partial charge in [0, 0.05) is 31.1 Å². The predicted molar refractivity (Wildman–Crippen MR) is 103 cm³/mol. The molecule has 7 nitrogen and oxygen atoms in total. The first kappa shape index (κ1) is 17.9. The highest BCUT2D eigenvalue weighted by atomic mass is 32.1. The number of nitrogens with zero attached hydrogens (tertiary/aromatic N) is 3. The molecule has 0 spiro atoms. The molecule has 0 saturated carbocycles. The van der Waals surface area contributed by atoms with E-state index >= 15 is 0 Å². The molecule has 0 bridgehead atoms. The van der Waals surface area contributed by atoms with Crippen LogP contribution in [-0.2, 0) is 11.2 Å². The van der Waals surface area contributed by atoms with Gasteiger partial charge in [0.05, 0.1) is 13.2 Å². The summed E-state index contributed by atoms with van der Waals surface area (Å²) >= 11 is 1.76. The van der Waals surface area contributed by atoms with Gasteiger partial charge >= 0.3 is 0 Å². The average Bonchev–Trinajstić information content (AvgIpc) is 3.15. The minimum Gasteiger partial charge on any atom is -0.393 e. The van der Waals surface area contributed by atoms with E-state index in [1.54, 1.807) is 17.7 Å². The summed E-state index contributed by atoms with van der Waals surface area (Å²) in [7, 11) is 0. The van der Waals surface area contributed by atoms with E-state index in [2.05, 4.69) is 43.0 Å². The molecule has 0 amide bonds. The second kappa shape index (κ2) is 9.55. The quantitative estimate of drug-likeness (QED) is 0.587. The molecule has 0 aromatic carbocycles. The van der Waals surface area contributed by atoms with Gasteiger partial charge in [0.15, 0.2) is 11.6 Å². The first-order valence-electron chi connectivity index (χ1n) is 8.73. The van der Waals surface area contributed by atoms with Crippen molar-refractivity contribution in [3.05, 3.63) is 28.7 Å². The van der Waals surface area contributed by atoms with Crippen LogP contribution in [0.4, 0.5) is 17.3 Å². The Labute approximate surface area is 152 Å². The first-order chi connectivity index (χ1) is 12.3. The number of ether oxygens (including phenoxy) is 1. The number of aromatic nitrogens is 2. The number of nitrogens with two attached hydrogens (primary N) is 1. The maximum absolute atomic E-state index is 6.19. The van der Waals surface area contributed by atoms with Gasteiger partial charge < -0.3 is 21.1 Å². The zero-order valence-electron chi connectivity index (χ0n) is 14.4. The van der Waals surface area contributed by atoms with Crippen LogP contribution >= 0.6 is 11.3 Å². The van der Waals surface area contributed by atoms with Gasteiger partial charge in [0.1, 0.15) is 12.0 Å². The lowest BCUT2D eigenvalue weighted by Gasteiger charge is -2.26. The molecule has 0 aliphatic carbocycles. The van der Waals surface area contributed by atoms with Crippen LogP contribution in [0.3, 0.4) is 0 Å². The van der Waals surface area contributed by atoms with Crippen molar-refractivity contribution in [2.24, 2.45) is 0 Å². The molecule has 25 heavy (non-hydrogen) atoms. The third-order valence-electron chi connectivity index (χ3n) is 4.18. The van der Waals surface area contributed by atoms with Crippen molar-refractivity contribution in [2.45, 2.75) is 12.8 Å². The van der Waals surface area contributed by atoms with E-state index in [1.165, 1.54) is 4.88 Å². The molecular formula is C17H26N6OS. The SMILES string of the molecule is Nc1c(NCCCN2CCOCC2)ncnc1NCCc1cccs1. The lowest BCUT2D eigenvalue weighted by Crippen LogP contribution is -2.37. The molecule has 2 aromatic rings. The Hall–Kier alpha value is -1.90. The number of morpholine rings is 1. The van der Waals surface area contributed by atoms with Crippen LogP contribution < -0.4 is 16.4 Å². The van der Waals surface area contributed by atoms with Gasteiger partial charge in [0.25, 0.3) is 0 Å². The van der Waals surface area contributed by atoms with Crippen LogP contribution in [0.2, 0.25) is 0 Å². The molecule has 8 heteroatoms. The number of nitrogen functional groups attached to an aromatic ring is 1. The monoisotopic (exact) mass is 362 g/mol. The van der Waals surface area contributed by atoms with E-state index in [0.29, 0.717) is 17.3 Å². The van der Waals surface area contributed by atoms with Crippen LogP contribution in [0.5, 0.6) is 0 Å². The van der Waals surface area contributed by atoms with Gasteiger partial charge in [-0.25, -0.2) is 9.97 Å². The highest BCUT2D eigenvalue weighted by Gasteiger charge is 2.10. The predicted octanol–water partition coefficient (Wildman–Crippen LogP) is 1.91. The van der Waals surface area contributed by atoms with Crippen molar-refractivity contribution in [3.63, 3.8) is 0 Å². The number of hydrogen-bond donors (Lipinski definition) is 3. The Morgan fingerprint density at radius 1 is 1.16 bits per heavy atom. The molecule has 4 N–H and O–H groups in total. The lowest BCUT2D eigenvalue weighted by atomic mass is 10.3. The van der Waals surface area contributed by atoms with Gasteiger partial charge in [-0.3, -0.25) is 4.90 Å². The van der Waals surface area contributed by atoms with Crippen LogP contribution in [0.15, 0.2) is 23.8 Å². The van der Waals surface area contributed by atoms with Crippen molar-refractivity contribution in [1.29, 1.82) is 0 Å². The van der Waals surface area contributed by atoms with Crippen molar-refractivity contribution in [2.75, 3.05) is 62.3 Å². The molecule has 0 radical (unpaired) electrons. The lowest BCUT2D eigenvalue weighted by molar-refractivity contribution is 0.0378. The zero-order chi connectivity index (χ0) is 17.3. The van der Waals surface area contributed by atoms with Crippen LogP contribution in [-0.4, -0.2) is 60.8 Å². The van der Waals surface area contributed by atoms with E-state index < -0.39 is 0 Å². The van der Waals surface area contributed by atoms with E-state index in [1.807, 2.05) is 0 Å². The van der Waals surface area contributed by atoms with Gasteiger partial charge in [-0.15, -0.1) is 11.3 Å². The maximum atomic E-state index is 6.19. The van der Waals surface area contributed by atoms with Crippen LogP contribution in [0.1, 0.15) is 11.3 Å². The molecule has 1 fully saturated rings. The minimum atomic E-state index is 0.583. The van der Waals surface area contributed by atoms with Gasteiger partial charge in [0.2, 0.25) is 0 Å². The fraction of sp³-hybridized carbons (Fsp3) is 0.529. The maximum Gasteiger partial charge on any atom is 0.154 e. The Kier molecular flexibility index (Phi) is 6.84. The number of nitrogens with one attached hydrogen (secondary N) is 2. The summed E-state index contributed by atoms with van der Waals surface area (Å²) < 4.78 is 5.36. The molecule has 3 rings (SSSR count). The smallest absolute Gasteiger partial charge is 0.154 e. The summed E-state index contributed by atoms with van der Waals surface area (Å²) in [6.45, 7) is 6.43. The summed E-state index contributed by atoms with van der Waals surface area (Å²) in [5.74, 6) is 1.40. The topological polar surface area (TPSA) is 88.3 Å². The number of anilines is 3. The van der Waals surface area contributed by atoms with E-state index in [-0.39, 0.29) is 0 Å². The van der Waals surface area contributed by atoms with E-state index in [0.717, 1.165) is 58.8 Å². The van der Waals surface area contributed by atoms with Crippen LogP contribution in [0, 0.1) is 0 Å². The van der Waals surface area contributed by atoms with Gasteiger partial charge in [-0.05, 0) is 30.8 Å². The molecule has 1 aliphatic heterocycles. The first-order valence-corrected chi connectivity index (χ1v) is 9.61.